The first-order valence-electron chi connectivity index (χ1n) is 6.08. The molecule has 2 heterocycles. The van der Waals surface area contributed by atoms with E-state index in [0.29, 0.717) is 22.0 Å². The van der Waals surface area contributed by atoms with E-state index in [1.807, 2.05) is 0 Å². The van der Waals surface area contributed by atoms with Gasteiger partial charge in [-0.3, -0.25) is 0 Å². The molecule has 0 radical (unpaired) electrons. The summed E-state index contributed by atoms with van der Waals surface area (Å²) >= 11 is 1.38. The molecule has 0 fully saturated rings. The van der Waals surface area contributed by atoms with Crippen molar-refractivity contribution in [1.82, 2.24) is 9.97 Å². The standard InChI is InChI=1S/C12H15F3N4S/c1-7(2)19(6-12(13,14)15)9-8-4-5-20-10(8)18-11(16-3)17-9/h4-5,7H,6H2,1-3H3,(H,16,17,18). The molecular formula is C12H15F3N4S. The number of nitrogens with zero attached hydrogens (tertiary/aromatic N) is 3. The van der Waals surface area contributed by atoms with Gasteiger partial charge in [0.05, 0.1) is 5.39 Å². The van der Waals surface area contributed by atoms with E-state index < -0.39 is 12.7 Å². The van der Waals surface area contributed by atoms with Gasteiger partial charge in [0.1, 0.15) is 17.2 Å². The van der Waals surface area contributed by atoms with Gasteiger partial charge in [-0.05, 0) is 25.3 Å². The maximum atomic E-state index is 12.8. The number of anilines is 2. The fourth-order valence-corrected chi connectivity index (χ4v) is 2.62. The highest BCUT2D eigenvalue weighted by Crippen LogP contribution is 2.32. The number of hydrogen-bond acceptors (Lipinski definition) is 5. The summed E-state index contributed by atoms with van der Waals surface area (Å²) in [6.45, 7) is 2.39. The highest BCUT2D eigenvalue weighted by molar-refractivity contribution is 7.16. The zero-order valence-corrected chi connectivity index (χ0v) is 12.1. The topological polar surface area (TPSA) is 41.1 Å². The molecular weight excluding hydrogens is 289 g/mol. The van der Waals surface area contributed by atoms with Gasteiger partial charge in [-0.15, -0.1) is 11.3 Å². The van der Waals surface area contributed by atoms with E-state index in [4.69, 9.17) is 0 Å². The Kier molecular flexibility index (Phi) is 4.03. The van der Waals surface area contributed by atoms with Gasteiger partial charge >= 0.3 is 6.18 Å². The molecule has 0 saturated heterocycles. The molecule has 2 rings (SSSR count). The van der Waals surface area contributed by atoms with Crippen molar-refractivity contribution in [3.63, 3.8) is 0 Å². The summed E-state index contributed by atoms with van der Waals surface area (Å²) in [5, 5.41) is 5.23. The third kappa shape index (κ3) is 3.12. The maximum Gasteiger partial charge on any atom is 0.405 e. The molecule has 2 aromatic heterocycles. The zero-order valence-electron chi connectivity index (χ0n) is 11.3. The monoisotopic (exact) mass is 304 g/mol. The highest BCUT2D eigenvalue weighted by Gasteiger charge is 2.33. The first kappa shape index (κ1) is 14.8. The van der Waals surface area contributed by atoms with Gasteiger partial charge in [0.25, 0.3) is 0 Å². The lowest BCUT2D eigenvalue weighted by Crippen LogP contribution is -2.39. The van der Waals surface area contributed by atoms with Gasteiger partial charge < -0.3 is 10.2 Å². The molecule has 0 saturated carbocycles. The molecule has 0 atom stereocenters. The van der Waals surface area contributed by atoms with Crippen LogP contribution in [-0.2, 0) is 0 Å². The predicted octanol–water partition coefficient (Wildman–Crippen LogP) is 3.51. The Morgan fingerprint density at radius 1 is 1.35 bits per heavy atom. The van der Waals surface area contributed by atoms with Crippen molar-refractivity contribution in [2.24, 2.45) is 0 Å². The van der Waals surface area contributed by atoms with Crippen molar-refractivity contribution < 1.29 is 13.2 Å². The summed E-state index contributed by atoms with van der Waals surface area (Å²) in [6.07, 6.45) is -4.28. The summed E-state index contributed by atoms with van der Waals surface area (Å²) in [7, 11) is 1.64. The fourth-order valence-electron chi connectivity index (χ4n) is 1.87. The highest BCUT2D eigenvalue weighted by atomic mass is 32.1. The van der Waals surface area contributed by atoms with E-state index in [-0.39, 0.29) is 6.04 Å². The first-order valence-corrected chi connectivity index (χ1v) is 6.96. The SMILES string of the molecule is CNc1nc(N(CC(F)(F)F)C(C)C)c2ccsc2n1. The van der Waals surface area contributed by atoms with Crippen LogP contribution in [0, 0.1) is 0 Å². The van der Waals surface area contributed by atoms with Crippen molar-refractivity contribution in [1.29, 1.82) is 0 Å². The van der Waals surface area contributed by atoms with Crippen LogP contribution in [-0.4, -0.2) is 35.8 Å². The van der Waals surface area contributed by atoms with Crippen LogP contribution in [0.1, 0.15) is 13.8 Å². The summed E-state index contributed by atoms with van der Waals surface area (Å²) in [5.41, 5.74) is 0. The fraction of sp³-hybridized carbons (Fsp3) is 0.500. The van der Waals surface area contributed by atoms with E-state index in [1.165, 1.54) is 16.2 Å². The average molecular weight is 304 g/mol. The molecule has 0 aliphatic heterocycles. The molecule has 110 valence electrons. The Labute approximate surface area is 118 Å². The average Bonchev–Trinajstić information content (AvgIpc) is 2.81. The third-order valence-electron chi connectivity index (χ3n) is 2.77. The van der Waals surface area contributed by atoms with Crippen molar-refractivity contribution in [3.05, 3.63) is 11.4 Å². The largest absolute Gasteiger partial charge is 0.405 e. The molecule has 8 heteroatoms. The number of thiophene rings is 1. The number of nitrogens with one attached hydrogen (secondary N) is 1. The van der Waals surface area contributed by atoms with E-state index in [9.17, 15) is 13.2 Å². The van der Waals surface area contributed by atoms with E-state index >= 15 is 0 Å². The minimum atomic E-state index is -4.28. The Balaban J connectivity index is 2.54. The number of rotatable bonds is 4. The van der Waals surface area contributed by atoms with Crippen molar-refractivity contribution in [2.45, 2.75) is 26.1 Å². The van der Waals surface area contributed by atoms with Crippen molar-refractivity contribution in [3.8, 4) is 0 Å². The molecule has 0 aromatic carbocycles. The molecule has 2 aromatic rings. The molecule has 20 heavy (non-hydrogen) atoms. The van der Waals surface area contributed by atoms with Gasteiger partial charge in [0.15, 0.2) is 0 Å². The number of hydrogen-bond donors (Lipinski definition) is 1. The van der Waals surface area contributed by atoms with E-state index in [0.717, 1.165) is 0 Å². The number of aromatic nitrogens is 2. The molecule has 0 aliphatic carbocycles. The van der Waals surface area contributed by atoms with E-state index in [2.05, 4.69) is 15.3 Å². The van der Waals surface area contributed by atoms with Crippen LogP contribution >= 0.6 is 11.3 Å². The van der Waals surface area contributed by atoms with Crippen LogP contribution in [0.25, 0.3) is 10.2 Å². The quantitative estimate of drug-likeness (QED) is 0.938. The van der Waals surface area contributed by atoms with Crippen LogP contribution in [0.15, 0.2) is 11.4 Å². The lowest BCUT2D eigenvalue weighted by Gasteiger charge is -2.29. The molecule has 0 bridgehead atoms. The number of alkyl halides is 3. The predicted molar refractivity (Wildman–Crippen MR) is 75.5 cm³/mol. The third-order valence-corrected chi connectivity index (χ3v) is 3.58. The molecule has 0 unspecified atom stereocenters. The minimum absolute atomic E-state index is 0.313. The van der Waals surface area contributed by atoms with Gasteiger partial charge in [0.2, 0.25) is 5.95 Å². The zero-order chi connectivity index (χ0) is 14.9. The minimum Gasteiger partial charge on any atom is -0.357 e. The summed E-state index contributed by atoms with van der Waals surface area (Å²) in [4.78, 5) is 10.4. The normalized spacial score (nSPS) is 12.2. The Bertz CT molecular complexity index is 594. The summed E-state index contributed by atoms with van der Waals surface area (Å²) < 4.78 is 38.3. The van der Waals surface area contributed by atoms with Crippen LogP contribution in [0.3, 0.4) is 0 Å². The van der Waals surface area contributed by atoms with Gasteiger partial charge in [-0.25, -0.2) is 4.98 Å². The molecule has 1 N–H and O–H groups in total. The molecule has 0 aliphatic rings. The number of fused-ring (bicyclic) bond motifs is 1. The van der Waals surface area contributed by atoms with Gasteiger partial charge in [-0.1, -0.05) is 0 Å². The molecule has 0 spiro atoms. The Morgan fingerprint density at radius 2 is 2.05 bits per heavy atom. The lowest BCUT2D eigenvalue weighted by molar-refractivity contribution is -0.120. The van der Waals surface area contributed by atoms with Gasteiger partial charge in [-0.2, -0.15) is 18.2 Å². The summed E-state index contributed by atoms with van der Waals surface area (Å²) in [6, 6.07) is 1.43. The van der Waals surface area contributed by atoms with Crippen LogP contribution in [0.5, 0.6) is 0 Å². The van der Waals surface area contributed by atoms with Crippen LogP contribution in [0.4, 0.5) is 24.9 Å². The van der Waals surface area contributed by atoms with Crippen molar-refractivity contribution >= 4 is 33.3 Å². The Morgan fingerprint density at radius 3 is 2.60 bits per heavy atom. The second-order valence-corrected chi connectivity index (χ2v) is 5.49. The van der Waals surface area contributed by atoms with Crippen molar-refractivity contribution in [2.75, 3.05) is 23.8 Å². The summed E-state index contributed by atoms with van der Waals surface area (Å²) in [5.74, 6) is 0.635. The second-order valence-electron chi connectivity index (χ2n) is 4.60. The molecule has 0 amide bonds. The maximum absolute atomic E-state index is 12.8. The van der Waals surface area contributed by atoms with E-state index in [1.54, 1.807) is 32.3 Å². The van der Waals surface area contributed by atoms with Crippen LogP contribution < -0.4 is 10.2 Å². The second kappa shape index (κ2) is 5.43. The Hall–Kier alpha value is -1.57. The smallest absolute Gasteiger partial charge is 0.357 e. The lowest BCUT2D eigenvalue weighted by atomic mass is 10.2. The molecule has 4 nitrogen and oxygen atoms in total. The van der Waals surface area contributed by atoms with Gasteiger partial charge in [0, 0.05) is 13.1 Å². The van der Waals surface area contributed by atoms with Crippen LogP contribution in [0.2, 0.25) is 0 Å². The number of halogens is 3. The first-order chi connectivity index (χ1) is 9.31.